The molecule has 6 unspecified atom stereocenters. The maximum atomic E-state index is 6.44. The van der Waals surface area contributed by atoms with E-state index in [-0.39, 0.29) is 30.5 Å². The van der Waals surface area contributed by atoms with E-state index in [4.69, 9.17) is 28.7 Å². The third-order valence-electron chi connectivity index (χ3n) is 6.84. The summed E-state index contributed by atoms with van der Waals surface area (Å²) >= 11 is 0. The van der Waals surface area contributed by atoms with Gasteiger partial charge in [-0.05, 0) is 55.2 Å². The van der Waals surface area contributed by atoms with Crippen molar-refractivity contribution >= 4 is 0 Å². The van der Waals surface area contributed by atoms with Crippen LogP contribution >= 0.6 is 0 Å². The van der Waals surface area contributed by atoms with Gasteiger partial charge in [0.2, 0.25) is 0 Å². The van der Waals surface area contributed by atoms with E-state index in [9.17, 15) is 0 Å². The molecule has 1 fully saturated rings. The lowest BCUT2D eigenvalue weighted by Crippen LogP contribution is -2.59. The molecule has 1 aliphatic heterocycles. The van der Waals surface area contributed by atoms with Gasteiger partial charge in [0.05, 0.1) is 17.9 Å². The number of aromatic nitrogens is 3. The maximum absolute atomic E-state index is 6.44. The molecule has 184 valence electrons. The van der Waals surface area contributed by atoms with E-state index in [1.165, 1.54) is 11.1 Å². The fourth-order valence-corrected chi connectivity index (χ4v) is 5.10. The average molecular weight is 478 g/mol. The third kappa shape index (κ3) is 4.85. The first kappa shape index (κ1) is 24.0. The van der Waals surface area contributed by atoms with Crippen LogP contribution in [0.4, 0.5) is 0 Å². The fraction of sp³-hybridized carbons (Fsp3) is 0.444. The minimum absolute atomic E-state index is 0.0111. The van der Waals surface area contributed by atoms with Crippen LogP contribution in [0.5, 0.6) is 0 Å². The standard InChI is InChI=1S/C27H31N3O5/c1-16-23(31-2)24(32-3)25(33-4)27(34-16)35-21-13-17-7-8-18(12-20(17)14-21)22-9-11-29-26(30-22)19-6-5-10-28-15-19/h5-12,15-16,21,23-25,27H,13-14H2,1-4H3. The fourth-order valence-electron chi connectivity index (χ4n) is 5.10. The van der Waals surface area contributed by atoms with Crippen LogP contribution in [0.1, 0.15) is 18.1 Å². The molecule has 3 heterocycles. The predicted molar refractivity (Wildman–Crippen MR) is 130 cm³/mol. The van der Waals surface area contributed by atoms with Gasteiger partial charge in [0, 0.05) is 51.0 Å². The van der Waals surface area contributed by atoms with E-state index < -0.39 is 6.29 Å². The highest BCUT2D eigenvalue weighted by Gasteiger charge is 2.47. The molecule has 2 aromatic heterocycles. The van der Waals surface area contributed by atoms with Crippen LogP contribution in [0, 0.1) is 0 Å². The largest absolute Gasteiger partial charge is 0.376 e. The van der Waals surface area contributed by atoms with E-state index in [1.54, 1.807) is 39.9 Å². The number of benzene rings is 1. The number of methoxy groups -OCH3 is 3. The van der Waals surface area contributed by atoms with E-state index in [0.29, 0.717) is 5.82 Å². The minimum atomic E-state index is -0.533. The molecule has 3 aromatic rings. The number of rotatable bonds is 7. The van der Waals surface area contributed by atoms with Gasteiger partial charge in [0.25, 0.3) is 0 Å². The predicted octanol–water partition coefficient (Wildman–Crippen LogP) is 3.48. The average Bonchev–Trinajstić information content (AvgIpc) is 3.30. The number of fused-ring (bicyclic) bond motifs is 1. The first-order valence-corrected chi connectivity index (χ1v) is 11.9. The van der Waals surface area contributed by atoms with Crippen molar-refractivity contribution in [3.63, 3.8) is 0 Å². The van der Waals surface area contributed by atoms with Crippen LogP contribution < -0.4 is 0 Å². The van der Waals surface area contributed by atoms with Gasteiger partial charge in [-0.3, -0.25) is 4.98 Å². The molecule has 0 bridgehead atoms. The van der Waals surface area contributed by atoms with E-state index in [0.717, 1.165) is 29.7 Å². The number of nitrogens with zero attached hydrogens (tertiary/aromatic N) is 3. The number of hydrogen-bond acceptors (Lipinski definition) is 8. The molecule has 2 aliphatic rings. The number of hydrogen-bond donors (Lipinski definition) is 0. The van der Waals surface area contributed by atoms with E-state index in [2.05, 4.69) is 28.2 Å². The van der Waals surface area contributed by atoms with Crippen LogP contribution in [0.3, 0.4) is 0 Å². The Kier molecular flexibility index (Phi) is 7.17. The van der Waals surface area contributed by atoms with Crippen molar-refractivity contribution in [3.05, 3.63) is 66.1 Å². The van der Waals surface area contributed by atoms with Crippen LogP contribution in [0.2, 0.25) is 0 Å². The third-order valence-corrected chi connectivity index (χ3v) is 6.84. The summed E-state index contributed by atoms with van der Waals surface area (Å²) in [5.41, 5.74) is 5.35. The van der Waals surface area contributed by atoms with Crippen LogP contribution in [0.15, 0.2) is 55.0 Å². The molecule has 0 spiro atoms. The highest BCUT2D eigenvalue weighted by molar-refractivity contribution is 5.64. The molecule has 1 aliphatic carbocycles. The molecule has 1 aromatic carbocycles. The molecular weight excluding hydrogens is 446 g/mol. The smallest absolute Gasteiger partial charge is 0.187 e. The van der Waals surface area contributed by atoms with Crippen LogP contribution in [-0.2, 0) is 36.5 Å². The number of pyridine rings is 1. The van der Waals surface area contributed by atoms with Crippen molar-refractivity contribution in [1.82, 2.24) is 15.0 Å². The second kappa shape index (κ2) is 10.5. The van der Waals surface area contributed by atoms with Crippen molar-refractivity contribution in [1.29, 1.82) is 0 Å². The van der Waals surface area contributed by atoms with Gasteiger partial charge in [0.1, 0.15) is 18.3 Å². The molecule has 1 saturated heterocycles. The molecule has 0 amide bonds. The van der Waals surface area contributed by atoms with Gasteiger partial charge in [0.15, 0.2) is 12.1 Å². The maximum Gasteiger partial charge on any atom is 0.187 e. The van der Waals surface area contributed by atoms with Crippen LogP contribution in [-0.4, -0.2) is 73.1 Å². The van der Waals surface area contributed by atoms with E-state index >= 15 is 0 Å². The van der Waals surface area contributed by atoms with Crippen molar-refractivity contribution in [2.24, 2.45) is 0 Å². The van der Waals surface area contributed by atoms with Gasteiger partial charge >= 0.3 is 0 Å². The molecular formula is C27H31N3O5. The first-order chi connectivity index (χ1) is 17.1. The second-order valence-corrected chi connectivity index (χ2v) is 8.97. The van der Waals surface area contributed by atoms with Gasteiger partial charge in [-0.1, -0.05) is 12.1 Å². The Balaban J connectivity index is 1.31. The summed E-state index contributed by atoms with van der Waals surface area (Å²) < 4.78 is 29.6. The summed E-state index contributed by atoms with van der Waals surface area (Å²) in [6.07, 6.45) is 5.30. The lowest BCUT2D eigenvalue weighted by molar-refractivity contribution is -0.314. The lowest BCUT2D eigenvalue weighted by atomic mass is 9.99. The molecule has 35 heavy (non-hydrogen) atoms. The van der Waals surface area contributed by atoms with Gasteiger partial charge in [-0.2, -0.15) is 0 Å². The molecule has 0 N–H and O–H groups in total. The lowest BCUT2D eigenvalue weighted by Gasteiger charge is -2.44. The second-order valence-electron chi connectivity index (χ2n) is 8.97. The van der Waals surface area contributed by atoms with E-state index in [1.807, 2.05) is 25.1 Å². The highest BCUT2D eigenvalue weighted by Crippen LogP contribution is 2.33. The first-order valence-electron chi connectivity index (χ1n) is 11.9. The zero-order chi connectivity index (χ0) is 24.4. The normalized spacial score (nSPS) is 28.1. The summed E-state index contributed by atoms with van der Waals surface area (Å²) in [6.45, 7) is 1.97. The van der Waals surface area contributed by atoms with Gasteiger partial charge < -0.3 is 23.7 Å². The zero-order valence-electron chi connectivity index (χ0n) is 20.5. The Bertz CT molecular complexity index is 1140. The molecule has 5 rings (SSSR count). The molecule has 0 radical (unpaired) electrons. The zero-order valence-corrected chi connectivity index (χ0v) is 20.5. The van der Waals surface area contributed by atoms with Crippen molar-refractivity contribution in [2.75, 3.05) is 21.3 Å². The van der Waals surface area contributed by atoms with Crippen molar-refractivity contribution < 1.29 is 23.7 Å². The SMILES string of the molecule is COC1C(C)OC(OC2Cc3ccc(-c4ccnc(-c5cccnc5)n4)cc3C2)C(OC)C1OC. The Hall–Kier alpha value is -2.75. The monoisotopic (exact) mass is 477 g/mol. The Morgan fingerprint density at radius 1 is 0.857 bits per heavy atom. The van der Waals surface area contributed by atoms with Crippen molar-refractivity contribution in [2.45, 2.75) is 56.6 Å². The molecule has 8 heteroatoms. The van der Waals surface area contributed by atoms with Gasteiger partial charge in [-0.15, -0.1) is 0 Å². The summed E-state index contributed by atoms with van der Waals surface area (Å²) in [5.74, 6) is 0.661. The highest BCUT2D eigenvalue weighted by atomic mass is 16.7. The van der Waals surface area contributed by atoms with Gasteiger partial charge in [-0.25, -0.2) is 9.97 Å². The molecule has 6 atom stereocenters. The number of ether oxygens (including phenoxy) is 5. The van der Waals surface area contributed by atoms with Crippen LogP contribution in [0.25, 0.3) is 22.6 Å². The Morgan fingerprint density at radius 3 is 2.40 bits per heavy atom. The Labute approximate surface area is 205 Å². The minimum Gasteiger partial charge on any atom is -0.376 e. The topological polar surface area (TPSA) is 84.8 Å². The van der Waals surface area contributed by atoms with Crippen molar-refractivity contribution in [3.8, 4) is 22.6 Å². The Morgan fingerprint density at radius 2 is 1.66 bits per heavy atom. The summed E-state index contributed by atoms with van der Waals surface area (Å²) in [4.78, 5) is 13.4. The summed E-state index contributed by atoms with van der Waals surface area (Å²) in [6, 6.07) is 12.2. The molecule has 0 saturated carbocycles. The summed E-state index contributed by atoms with van der Waals surface area (Å²) in [5, 5.41) is 0. The summed E-state index contributed by atoms with van der Waals surface area (Å²) in [7, 11) is 4.97. The molecule has 8 nitrogen and oxygen atoms in total. The quantitative estimate of drug-likeness (QED) is 0.511.